The molecule has 0 bridgehead atoms. The van der Waals surface area contributed by atoms with E-state index < -0.39 is 17.2 Å². The van der Waals surface area contributed by atoms with Crippen molar-refractivity contribution in [3.8, 4) is 0 Å². The molecule has 0 atom stereocenters. The summed E-state index contributed by atoms with van der Waals surface area (Å²) in [4.78, 5) is 13.8. The van der Waals surface area contributed by atoms with Crippen molar-refractivity contribution in [2.24, 2.45) is 0 Å². The molecule has 3 rings (SSSR count). The lowest BCUT2D eigenvalue weighted by Crippen LogP contribution is -2.29. The van der Waals surface area contributed by atoms with Gasteiger partial charge in [0, 0.05) is 16.0 Å². The third kappa shape index (κ3) is 2.84. The first-order valence-electron chi connectivity index (χ1n) is 7.41. The molecule has 124 valence electrons. The van der Waals surface area contributed by atoms with Gasteiger partial charge in [0.2, 0.25) is 5.78 Å². The van der Waals surface area contributed by atoms with Crippen molar-refractivity contribution in [1.82, 2.24) is 0 Å². The SMILES string of the molecule is CSc1ccc(C2=C(c3cc(F)ccc3F)C(=O)C(C)(C)O2)cc1. The van der Waals surface area contributed by atoms with Crippen molar-refractivity contribution < 1.29 is 18.3 Å². The number of carbonyl (C=O) groups excluding carboxylic acids is 1. The monoisotopic (exact) mass is 346 g/mol. The highest BCUT2D eigenvalue weighted by Crippen LogP contribution is 2.42. The van der Waals surface area contributed by atoms with Gasteiger partial charge in [-0.3, -0.25) is 4.79 Å². The van der Waals surface area contributed by atoms with Crippen molar-refractivity contribution >= 4 is 28.9 Å². The summed E-state index contributed by atoms with van der Waals surface area (Å²) < 4.78 is 33.7. The molecular weight excluding hydrogens is 330 g/mol. The van der Waals surface area contributed by atoms with Crippen LogP contribution in [0.5, 0.6) is 0 Å². The molecule has 0 N–H and O–H groups in total. The minimum atomic E-state index is -1.12. The smallest absolute Gasteiger partial charge is 0.210 e. The fourth-order valence-corrected chi connectivity index (χ4v) is 3.04. The maximum Gasteiger partial charge on any atom is 0.210 e. The lowest BCUT2D eigenvalue weighted by atomic mass is 9.92. The normalized spacial score (nSPS) is 16.5. The molecular formula is C19H16F2O2S. The molecule has 0 aliphatic carbocycles. The molecule has 1 aliphatic heterocycles. The summed E-state index contributed by atoms with van der Waals surface area (Å²) in [5.74, 6) is -1.34. The van der Waals surface area contributed by atoms with Crippen LogP contribution in [0.4, 0.5) is 8.78 Å². The quantitative estimate of drug-likeness (QED) is 0.737. The van der Waals surface area contributed by atoms with E-state index in [0.717, 1.165) is 23.1 Å². The van der Waals surface area contributed by atoms with Crippen LogP contribution in [-0.4, -0.2) is 17.6 Å². The average Bonchev–Trinajstić information content (AvgIpc) is 2.80. The van der Waals surface area contributed by atoms with Gasteiger partial charge in [-0.05, 0) is 50.4 Å². The highest BCUT2D eigenvalue weighted by molar-refractivity contribution is 7.98. The topological polar surface area (TPSA) is 26.3 Å². The number of Topliss-reactive ketones (excluding diaryl/α,β-unsaturated/α-hetero) is 1. The minimum Gasteiger partial charge on any atom is -0.478 e. The van der Waals surface area contributed by atoms with E-state index in [4.69, 9.17) is 4.74 Å². The zero-order valence-electron chi connectivity index (χ0n) is 13.5. The van der Waals surface area contributed by atoms with Crippen LogP contribution in [0.3, 0.4) is 0 Å². The second-order valence-electron chi connectivity index (χ2n) is 6.00. The van der Waals surface area contributed by atoms with E-state index in [1.54, 1.807) is 25.6 Å². The minimum absolute atomic E-state index is 0.0745. The number of thioether (sulfide) groups is 1. The molecule has 24 heavy (non-hydrogen) atoms. The van der Waals surface area contributed by atoms with Crippen LogP contribution in [0.2, 0.25) is 0 Å². The van der Waals surface area contributed by atoms with Crippen LogP contribution in [0, 0.1) is 11.6 Å². The zero-order valence-corrected chi connectivity index (χ0v) is 14.3. The maximum absolute atomic E-state index is 14.2. The van der Waals surface area contributed by atoms with Gasteiger partial charge in [0.25, 0.3) is 0 Å². The number of ketones is 1. The summed E-state index contributed by atoms with van der Waals surface area (Å²) >= 11 is 1.59. The van der Waals surface area contributed by atoms with E-state index in [0.29, 0.717) is 5.56 Å². The Bertz CT molecular complexity index is 839. The van der Waals surface area contributed by atoms with Crippen molar-refractivity contribution in [3.63, 3.8) is 0 Å². The summed E-state index contributed by atoms with van der Waals surface area (Å²) in [7, 11) is 0. The first-order chi connectivity index (χ1) is 11.3. The van der Waals surface area contributed by atoms with E-state index in [-0.39, 0.29) is 22.7 Å². The highest BCUT2D eigenvalue weighted by Gasteiger charge is 2.43. The molecule has 5 heteroatoms. The molecule has 2 aromatic carbocycles. The van der Waals surface area contributed by atoms with Crippen molar-refractivity contribution in [1.29, 1.82) is 0 Å². The Morgan fingerprint density at radius 1 is 1.04 bits per heavy atom. The van der Waals surface area contributed by atoms with Crippen LogP contribution in [0.25, 0.3) is 11.3 Å². The standard InChI is InChI=1S/C19H16F2O2S/c1-19(2)18(22)16(14-10-12(20)6-9-15(14)21)17(23-19)11-4-7-13(24-3)8-5-11/h4-10H,1-3H3. The Kier molecular flexibility index (Phi) is 4.22. The molecule has 0 radical (unpaired) electrons. The fraction of sp³-hybridized carbons (Fsp3) is 0.211. The molecule has 0 amide bonds. The highest BCUT2D eigenvalue weighted by atomic mass is 32.2. The van der Waals surface area contributed by atoms with Gasteiger partial charge in [0.05, 0.1) is 5.57 Å². The summed E-state index contributed by atoms with van der Waals surface area (Å²) in [5, 5.41) is 0. The van der Waals surface area contributed by atoms with Crippen molar-refractivity contribution in [2.45, 2.75) is 24.3 Å². The van der Waals surface area contributed by atoms with Gasteiger partial charge in [-0.1, -0.05) is 12.1 Å². The first kappa shape index (κ1) is 16.7. The van der Waals surface area contributed by atoms with Crippen molar-refractivity contribution in [3.05, 3.63) is 65.2 Å². The summed E-state index contributed by atoms with van der Waals surface area (Å²) in [5.41, 5.74) is -0.462. The van der Waals surface area contributed by atoms with Crippen molar-refractivity contribution in [2.75, 3.05) is 6.26 Å². The summed E-state index contributed by atoms with van der Waals surface area (Å²) in [6.45, 7) is 3.24. The van der Waals surface area contributed by atoms with Crippen LogP contribution in [-0.2, 0) is 9.53 Å². The van der Waals surface area contributed by atoms with Gasteiger partial charge in [-0.2, -0.15) is 0 Å². The fourth-order valence-electron chi connectivity index (χ4n) is 2.64. The number of hydrogen-bond donors (Lipinski definition) is 0. The Morgan fingerprint density at radius 3 is 2.33 bits per heavy atom. The number of halogens is 2. The van der Waals surface area contributed by atoms with Gasteiger partial charge in [-0.15, -0.1) is 11.8 Å². The largest absolute Gasteiger partial charge is 0.478 e. The second-order valence-corrected chi connectivity index (χ2v) is 6.88. The zero-order chi connectivity index (χ0) is 17.5. The molecule has 0 aromatic heterocycles. The van der Waals surface area contributed by atoms with E-state index in [1.165, 1.54) is 0 Å². The third-order valence-electron chi connectivity index (χ3n) is 3.91. The van der Waals surface area contributed by atoms with Crippen LogP contribution in [0.15, 0.2) is 47.4 Å². The molecule has 0 unspecified atom stereocenters. The molecule has 0 spiro atoms. The third-order valence-corrected chi connectivity index (χ3v) is 4.65. The molecule has 0 saturated heterocycles. The Labute approximate surface area is 143 Å². The number of hydrogen-bond acceptors (Lipinski definition) is 3. The van der Waals surface area contributed by atoms with Gasteiger partial charge in [0.1, 0.15) is 17.4 Å². The molecule has 1 aliphatic rings. The predicted molar refractivity (Wildman–Crippen MR) is 91.6 cm³/mol. The number of benzene rings is 2. The molecule has 0 fully saturated rings. The van der Waals surface area contributed by atoms with E-state index in [1.807, 2.05) is 30.5 Å². The maximum atomic E-state index is 14.2. The first-order valence-corrected chi connectivity index (χ1v) is 8.64. The lowest BCUT2D eigenvalue weighted by molar-refractivity contribution is -0.125. The lowest BCUT2D eigenvalue weighted by Gasteiger charge is -2.17. The Balaban J connectivity index is 2.21. The number of ether oxygens (including phenoxy) is 1. The van der Waals surface area contributed by atoms with Crippen LogP contribution < -0.4 is 0 Å². The Hall–Kier alpha value is -2.14. The van der Waals surface area contributed by atoms with E-state index in [2.05, 4.69) is 0 Å². The number of carbonyl (C=O) groups is 1. The van der Waals surface area contributed by atoms with E-state index >= 15 is 0 Å². The molecule has 2 aromatic rings. The summed E-state index contributed by atoms with van der Waals surface area (Å²) in [6.07, 6.45) is 1.96. The predicted octanol–water partition coefficient (Wildman–Crippen LogP) is 4.93. The molecule has 1 heterocycles. The Morgan fingerprint density at radius 2 is 1.71 bits per heavy atom. The van der Waals surface area contributed by atoms with E-state index in [9.17, 15) is 13.6 Å². The van der Waals surface area contributed by atoms with Crippen LogP contribution >= 0.6 is 11.8 Å². The molecule has 0 saturated carbocycles. The van der Waals surface area contributed by atoms with Crippen LogP contribution in [0.1, 0.15) is 25.0 Å². The van der Waals surface area contributed by atoms with Gasteiger partial charge in [-0.25, -0.2) is 8.78 Å². The second kappa shape index (κ2) is 6.06. The van der Waals surface area contributed by atoms with Gasteiger partial charge < -0.3 is 4.74 Å². The number of rotatable bonds is 3. The van der Waals surface area contributed by atoms with Gasteiger partial charge >= 0.3 is 0 Å². The summed E-state index contributed by atoms with van der Waals surface area (Å²) in [6, 6.07) is 10.5. The molecule has 2 nitrogen and oxygen atoms in total. The average molecular weight is 346 g/mol. The van der Waals surface area contributed by atoms with Gasteiger partial charge in [0.15, 0.2) is 5.60 Å².